The molecule has 1 saturated heterocycles. The van der Waals surface area contributed by atoms with Gasteiger partial charge in [0.2, 0.25) is 0 Å². The molecule has 1 N–H and O–H groups in total. The zero-order chi connectivity index (χ0) is 17.4. The van der Waals surface area contributed by atoms with E-state index in [4.69, 9.17) is 14.6 Å². The lowest BCUT2D eigenvalue weighted by Gasteiger charge is -2.43. The first kappa shape index (κ1) is 17.0. The molecule has 1 aromatic heterocycles. The Morgan fingerprint density at radius 3 is 2.96 bits per heavy atom. The lowest BCUT2D eigenvalue weighted by atomic mass is 9.79. The zero-order valence-electron chi connectivity index (χ0n) is 14.8. The van der Waals surface area contributed by atoms with E-state index in [1.807, 2.05) is 6.20 Å². The van der Waals surface area contributed by atoms with E-state index in [1.54, 1.807) is 7.11 Å². The zero-order valence-corrected chi connectivity index (χ0v) is 14.8. The number of fused-ring (bicyclic) bond motifs is 1. The number of hydrogen-bond acceptors (Lipinski definition) is 5. The fourth-order valence-corrected chi connectivity index (χ4v) is 4.62. The van der Waals surface area contributed by atoms with Crippen molar-refractivity contribution in [2.45, 2.75) is 68.9 Å². The Labute approximate surface area is 147 Å². The number of carbonyl (C=O) groups is 1. The number of aliphatic carboxylic acids is 1. The highest BCUT2D eigenvalue weighted by Gasteiger charge is 2.51. The Bertz CT molecular complexity index is 630. The number of aromatic nitrogens is 2. The minimum Gasteiger partial charge on any atom is -0.480 e. The van der Waals surface area contributed by atoms with E-state index in [2.05, 4.69) is 20.6 Å². The molecule has 0 aromatic carbocycles. The summed E-state index contributed by atoms with van der Waals surface area (Å²) in [6, 6.07) is 0.889. The van der Waals surface area contributed by atoms with Crippen LogP contribution < -0.4 is 0 Å². The van der Waals surface area contributed by atoms with Gasteiger partial charge in [0, 0.05) is 38.1 Å². The van der Waals surface area contributed by atoms with Gasteiger partial charge in [0.15, 0.2) is 0 Å². The molecule has 0 unspecified atom stereocenters. The van der Waals surface area contributed by atoms with Crippen molar-refractivity contribution in [1.29, 1.82) is 0 Å². The smallest absolute Gasteiger partial charge is 0.329 e. The van der Waals surface area contributed by atoms with Crippen LogP contribution in [0.5, 0.6) is 0 Å². The van der Waals surface area contributed by atoms with E-state index in [0.717, 1.165) is 44.6 Å². The summed E-state index contributed by atoms with van der Waals surface area (Å²) >= 11 is 0. The average Bonchev–Trinajstić information content (AvgIpc) is 3.25. The van der Waals surface area contributed by atoms with Gasteiger partial charge >= 0.3 is 5.97 Å². The van der Waals surface area contributed by atoms with Crippen LogP contribution in [0, 0.1) is 0 Å². The SMILES string of the molecule is CO[C@]12CC[C@@H](OCC(=O)O)C[C@H]1N(Cc1nccn1C1CC1)CC2. The highest BCUT2D eigenvalue weighted by atomic mass is 16.5. The molecule has 0 spiro atoms. The number of carboxylic acids is 1. The highest BCUT2D eigenvalue weighted by Crippen LogP contribution is 2.44. The fourth-order valence-electron chi connectivity index (χ4n) is 4.62. The van der Waals surface area contributed by atoms with Crippen molar-refractivity contribution in [1.82, 2.24) is 14.5 Å². The fraction of sp³-hybridized carbons (Fsp3) is 0.778. The van der Waals surface area contributed by atoms with Crippen LogP contribution in [-0.2, 0) is 20.8 Å². The minimum atomic E-state index is -0.904. The van der Waals surface area contributed by atoms with E-state index < -0.39 is 5.97 Å². The number of nitrogens with zero attached hydrogens (tertiary/aromatic N) is 3. The van der Waals surface area contributed by atoms with Crippen molar-refractivity contribution in [2.24, 2.45) is 0 Å². The van der Waals surface area contributed by atoms with Crippen molar-refractivity contribution in [3.05, 3.63) is 18.2 Å². The number of likely N-dealkylation sites (tertiary alicyclic amines) is 1. The van der Waals surface area contributed by atoms with Crippen LogP contribution in [0.1, 0.15) is 50.4 Å². The van der Waals surface area contributed by atoms with Gasteiger partial charge in [0.05, 0.1) is 18.2 Å². The first-order chi connectivity index (χ1) is 12.1. The van der Waals surface area contributed by atoms with Gasteiger partial charge in [-0.2, -0.15) is 0 Å². The Morgan fingerprint density at radius 1 is 1.40 bits per heavy atom. The Kier molecular flexibility index (Phi) is 4.56. The molecule has 4 rings (SSSR count). The third-order valence-electron chi connectivity index (χ3n) is 6.13. The molecule has 3 aliphatic rings. The van der Waals surface area contributed by atoms with Crippen molar-refractivity contribution < 1.29 is 19.4 Å². The molecular formula is C18H27N3O4. The second-order valence-electron chi connectivity index (χ2n) is 7.59. The second kappa shape index (κ2) is 6.70. The van der Waals surface area contributed by atoms with Crippen LogP contribution in [0.2, 0.25) is 0 Å². The molecule has 7 heteroatoms. The largest absolute Gasteiger partial charge is 0.480 e. The van der Waals surface area contributed by atoms with E-state index >= 15 is 0 Å². The summed E-state index contributed by atoms with van der Waals surface area (Å²) in [5, 5.41) is 8.87. The number of hydrogen-bond donors (Lipinski definition) is 1. The maximum atomic E-state index is 10.8. The average molecular weight is 349 g/mol. The van der Waals surface area contributed by atoms with Gasteiger partial charge in [-0.1, -0.05) is 0 Å². The van der Waals surface area contributed by atoms with Gasteiger partial charge in [-0.25, -0.2) is 9.78 Å². The van der Waals surface area contributed by atoms with Crippen molar-refractivity contribution in [3.63, 3.8) is 0 Å². The molecule has 2 saturated carbocycles. The molecular weight excluding hydrogens is 322 g/mol. The Morgan fingerprint density at radius 2 is 2.24 bits per heavy atom. The third kappa shape index (κ3) is 3.32. The van der Waals surface area contributed by atoms with Crippen LogP contribution in [0.25, 0.3) is 0 Å². The minimum absolute atomic E-state index is 0.00634. The summed E-state index contributed by atoms with van der Waals surface area (Å²) in [6.07, 6.45) is 10.1. The Hall–Kier alpha value is -1.44. The van der Waals surface area contributed by atoms with Gasteiger partial charge in [-0.15, -0.1) is 0 Å². The van der Waals surface area contributed by atoms with Crippen molar-refractivity contribution in [3.8, 4) is 0 Å². The topological polar surface area (TPSA) is 76.8 Å². The quantitative estimate of drug-likeness (QED) is 0.809. The molecule has 0 radical (unpaired) electrons. The van der Waals surface area contributed by atoms with Gasteiger partial charge < -0.3 is 19.1 Å². The lowest BCUT2D eigenvalue weighted by Crippen LogP contribution is -2.51. The summed E-state index contributed by atoms with van der Waals surface area (Å²) in [5.74, 6) is 0.223. The number of methoxy groups -OCH3 is 1. The standard InChI is InChI=1S/C18H27N3O4/c1-24-18-5-4-14(25-12-17(22)23)10-15(18)20(8-6-18)11-16-19-7-9-21(16)13-2-3-13/h7,9,13-15H,2-6,8,10-12H2,1H3,(H,22,23)/t14-,15-,18+/m1/s1. The molecule has 0 amide bonds. The molecule has 2 aliphatic carbocycles. The summed E-state index contributed by atoms with van der Waals surface area (Å²) in [7, 11) is 1.81. The van der Waals surface area contributed by atoms with Crippen LogP contribution in [0.3, 0.4) is 0 Å². The molecule has 7 nitrogen and oxygen atoms in total. The third-order valence-corrected chi connectivity index (χ3v) is 6.13. The van der Waals surface area contributed by atoms with Gasteiger partial charge in [-0.05, 0) is 38.5 Å². The Balaban J connectivity index is 1.46. The summed E-state index contributed by atoms with van der Waals surface area (Å²) in [6.45, 7) is 1.59. The van der Waals surface area contributed by atoms with E-state index in [-0.39, 0.29) is 24.4 Å². The molecule has 3 fully saturated rings. The number of ether oxygens (including phenoxy) is 2. The number of rotatable bonds is 7. The maximum absolute atomic E-state index is 10.8. The number of carboxylic acid groups (broad SMARTS) is 1. The molecule has 3 atom stereocenters. The molecule has 1 aliphatic heterocycles. The van der Waals surface area contributed by atoms with E-state index in [1.165, 1.54) is 12.8 Å². The first-order valence-corrected chi connectivity index (χ1v) is 9.25. The summed E-state index contributed by atoms with van der Waals surface area (Å²) < 4.78 is 13.9. The van der Waals surface area contributed by atoms with Crippen molar-refractivity contribution in [2.75, 3.05) is 20.3 Å². The van der Waals surface area contributed by atoms with Crippen LogP contribution in [0.15, 0.2) is 12.4 Å². The molecule has 0 bridgehead atoms. The van der Waals surface area contributed by atoms with E-state index in [9.17, 15) is 4.79 Å². The summed E-state index contributed by atoms with van der Waals surface area (Å²) in [4.78, 5) is 17.8. The lowest BCUT2D eigenvalue weighted by molar-refractivity contribution is -0.148. The predicted molar refractivity (Wildman–Crippen MR) is 90.3 cm³/mol. The summed E-state index contributed by atoms with van der Waals surface area (Å²) in [5.41, 5.74) is -0.125. The monoisotopic (exact) mass is 349 g/mol. The van der Waals surface area contributed by atoms with Gasteiger partial charge in [0.25, 0.3) is 0 Å². The van der Waals surface area contributed by atoms with Gasteiger partial charge in [-0.3, -0.25) is 4.90 Å². The second-order valence-corrected chi connectivity index (χ2v) is 7.59. The molecule has 138 valence electrons. The van der Waals surface area contributed by atoms with Crippen molar-refractivity contribution >= 4 is 5.97 Å². The van der Waals surface area contributed by atoms with Crippen LogP contribution in [-0.4, -0.2) is 63.5 Å². The molecule has 25 heavy (non-hydrogen) atoms. The molecule has 1 aromatic rings. The highest BCUT2D eigenvalue weighted by molar-refractivity contribution is 5.68. The normalized spacial score (nSPS) is 32.7. The first-order valence-electron chi connectivity index (χ1n) is 9.25. The predicted octanol–water partition coefficient (Wildman–Crippen LogP) is 1.83. The number of imidazole rings is 1. The maximum Gasteiger partial charge on any atom is 0.329 e. The van der Waals surface area contributed by atoms with E-state index in [0.29, 0.717) is 6.04 Å². The molecule has 2 heterocycles. The van der Waals surface area contributed by atoms with Crippen LogP contribution >= 0.6 is 0 Å². The van der Waals surface area contributed by atoms with Gasteiger partial charge in [0.1, 0.15) is 12.4 Å². The van der Waals surface area contributed by atoms with Crippen LogP contribution in [0.4, 0.5) is 0 Å².